The number of amides is 3. The Bertz CT molecular complexity index is 798. The number of aromatic nitrogens is 2. The largest absolute Gasteiger partial charge is 0.334 e. The van der Waals surface area contributed by atoms with Gasteiger partial charge in [0.1, 0.15) is 0 Å². The Morgan fingerprint density at radius 3 is 2.50 bits per heavy atom. The highest BCUT2D eigenvalue weighted by Gasteiger charge is 2.36. The van der Waals surface area contributed by atoms with Crippen molar-refractivity contribution in [3.05, 3.63) is 35.7 Å². The maximum Gasteiger partial charge on any atom is 0.324 e. The lowest BCUT2D eigenvalue weighted by Crippen LogP contribution is -2.34. The number of nitrogens with zero attached hydrogens (tertiary/aromatic N) is 3. The molecule has 1 saturated heterocycles. The number of benzene rings is 1. The van der Waals surface area contributed by atoms with Gasteiger partial charge >= 0.3 is 6.03 Å². The van der Waals surface area contributed by atoms with Crippen LogP contribution in [0, 0.1) is 0 Å². The van der Waals surface area contributed by atoms with Crippen LogP contribution in [0.25, 0.3) is 11.5 Å². The summed E-state index contributed by atoms with van der Waals surface area (Å²) in [6.07, 6.45) is 3.91. The molecular weight excluding hydrogens is 358 g/mol. The molecule has 0 bridgehead atoms. The number of rotatable bonds is 4. The number of nitrogens with two attached hydrogens (primary N) is 1. The summed E-state index contributed by atoms with van der Waals surface area (Å²) < 4.78 is 5.37. The Morgan fingerprint density at radius 1 is 1.19 bits per heavy atom. The molecule has 9 heteroatoms. The van der Waals surface area contributed by atoms with E-state index in [0.29, 0.717) is 11.7 Å². The van der Waals surface area contributed by atoms with Crippen molar-refractivity contribution in [3.63, 3.8) is 0 Å². The SMILES string of the molecule is Cl.NC1(c2noc(-c3ccc(CN4C(=O)CNC4=O)cc3)n2)CCCC1. The lowest BCUT2D eigenvalue weighted by atomic mass is 9.99. The second kappa shape index (κ2) is 7.05. The number of imide groups is 1. The molecule has 1 aliphatic carbocycles. The Hall–Kier alpha value is -2.45. The number of carbonyl (C=O) groups excluding carboxylic acids is 2. The molecule has 3 N–H and O–H groups in total. The van der Waals surface area contributed by atoms with Gasteiger partial charge in [0.2, 0.25) is 5.91 Å². The minimum absolute atomic E-state index is 0. The van der Waals surface area contributed by atoms with E-state index in [0.717, 1.165) is 36.8 Å². The molecule has 1 aliphatic heterocycles. The van der Waals surface area contributed by atoms with Gasteiger partial charge in [-0.15, -0.1) is 12.4 Å². The molecule has 1 aromatic carbocycles. The summed E-state index contributed by atoms with van der Waals surface area (Å²) in [5.74, 6) is 0.761. The highest BCUT2D eigenvalue weighted by Crippen LogP contribution is 2.35. The zero-order valence-electron chi connectivity index (χ0n) is 14.1. The molecule has 0 spiro atoms. The molecule has 0 atom stereocenters. The van der Waals surface area contributed by atoms with Crippen molar-refractivity contribution < 1.29 is 14.1 Å². The van der Waals surface area contributed by atoms with Gasteiger partial charge in [-0.25, -0.2) is 4.79 Å². The van der Waals surface area contributed by atoms with Gasteiger partial charge in [-0.3, -0.25) is 9.69 Å². The number of hydrogen-bond acceptors (Lipinski definition) is 6. The summed E-state index contributed by atoms with van der Waals surface area (Å²) in [4.78, 5) is 28.9. The van der Waals surface area contributed by atoms with Gasteiger partial charge in [0.05, 0.1) is 18.6 Å². The van der Waals surface area contributed by atoms with E-state index in [-0.39, 0.29) is 37.4 Å². The number of hydrogen-bond donors (Lipinski definition) is 2. The second-order valence-electron chi connectivity index (χ2n) is 6.62. The van der Waals surface area contributed by atoms with E-state index in [1.165, 1.54) is 4.90 Å². The lowest BCUT2D eigenvalue weighted by molar-refractivity contribution is -0.125. The molecule has 0 radical (unpaired) electrons. The van der Waals surface area contributed by atoms with Crippen molar-refractivity contribution in [2.45, 2.75) is 37.8 Å². The van der Waals surface area contributed by atoms with Crippen molar-refractivity contribution >= 4 is 24.3 Å². The zero-order chi connectivity index (χ0) is 17.4. The van der Waals surface area contributed by atoms with Gasteiger partial charge in [0.25, 0.3) is 5.89 Å². The molecule has 4 rings (SSSR count). The van der Waals surface area contributed by atoms with Crippen LogP contribution in [0.4, 0.5) is 4.79 Å². The lowest BCUT2D eigenvalue weighted by Gasteiger charge is -2.17. The van der Waals surface area contributed by atoms with Gasteiger partial charge < -0.3 is 15.6 Å². The first-order valence-electron chi connectivity index (χ1n) is 8.36. The van der Waals surface area contributed by atoms with Crippen LogP contribution in [-0.4, -0.2) is 33.5 Å². The fourth-order valence-electron chi connectivity index (χ4n) is 3.32. The third kappa shape index (κ3) is 3.30. The Balaban J connectivity index is 0.00000196. The van der Waals surface area contributed by atoms with E-state index in [4.69, 9.17) is 10.3 Å². The van der Waals surface area contributed by atoms with Crippen LogP contribution < -0.4 is 11.1 Å². The molecule has 2 fully saturated rings. The third-order valence-corrected chi connectivity index (χ3v) is 4.85. The molecular formula is C17H20ClN5O3. The molecule has 1 saturated carbocycles. The first-order chi connectivity index (χ1) is 12.0. The fraction of sp³-hybridized carbons (Fsp3) is 0.412. The maximum absolute atomic E-state index is 11.6. The minimum Gasteiger partial charge on any atom is -0.334 e. The van der Waals surface area contributed by atoms with E-state index in [1.807, 2.05) is 24.3 Å². The van der Waals surface area contributed by atoms with Crippen LogP contribution in [0.3, 0.4) is 0 Å². The molecule has 2 aromatic rings. The van der Waals surface area contributed by atoms with Crippen LogP contribution >= 0.6 is 12.4 Å². The smallest absolute Gasteiger partial charge is 0.324 e. The highest BCUT2D eigenvalue weighted by atomic mass is 35.5. The van der Waals surface area contributed by atoms with Crippen LogP contribution in [0.5, 0.6) is 0 Å². The quantitative estimate of drug-likeness (QED) is 0.787. The molecule has 2 heterocycles. The normalized spacial score (nSPS) is 18.7. The van der Waals surface area contributed by atoms with Crippen molar-refractivity contribution in [2.75, 3.05) is 6.54 Å². The van der Waals surface area contributed by atoms with Crippen LogP contribution in [0.2, 0.25) is 0 Å². The Kier molecular flexibility index (Phi) is 4.97. The van der Waals surface area contributed by atoms with Crippen molar-refractivity contribution in [1.29, 1.82) is 0 Å². The van der Waals surface area contributed by atoms with Crippen LogP contribution in [0.1, 0.15) is 37.1 Å². The number of nitrogens with one attached hydrogen (secondary N) is 1. The van der Waals surface area contributed by atoms with E-state index in [9.17, 15) is 9.59 Å². The monoisotopic (exact) mass is 377 g/mol. The van der Waals surface area contributed by atoms with E-state index >= 15 is 0 Å². The molecule has 138 valence electrons. The summed E-state index contributed by atoms with van der Waals surface area (Å²) >= 11 is 0. The van der Waals surface area contributed by atoms with Crippen molar-refractivity contribution in [1.82, 2.24) is 20.4 Å². The molecule has 26 heavy (non-hydrogen) atoms. The molecule has 1 aromatic heterocycles. The number of urea groups is 1. The topological polar surface area (TPSA) is 114 Å². The predicted octanol–water partition coefficient (Wildman–Crippen LogP) is 1.94. The summed E-state index contributed by atoms with van der Waals surface area (Å²) in [6.45, 7) is 0.300. The average Bonchev–Trinajstić information content (AvgIpc) is 3.33. The van der Waals surface area contributed by atoms with Gasteiger partial charge in [-0.2, -0.15) is 4.98 Å². The van der Waals surface area contributed by atoms with Crippen molar-refractivity contribution in [2.24, 2.45) is 5.73 Å². The standard InChI is InChI=1S/C17H19N5O3.ClH/c18-17(7-1-2-8-17)15-20-14(25-21-15)12-5-3-11(4-6-12)10-22-13(23)9-19-16(22)24;/h3-6H,1-2,7-10,18H2,(H,19,24);1H. The van der Waals surface area contributed by atoms with Gasteiger partial charge in [0, 0.05) is 5.56 Å². The van der Waals surface area contributed by atoms with Gasteiger partial charge in [-0.1, -0.05) is 30.1 Å². The van der Waals surface area contributed by atoms with Crippen molar-refractivity contribution in [3.8, 4) is 11.5 Å². The van der Waals surface area contributed by atoms with E-state index < -0.39 is 5.54 Å². The second-order valence-corrected chi connectivity index (χ2v) is 6.62. The average molecular weight is 378 g/mol. The fourth-order valence-corrected chi connectivity index (χ4v) is 3.32. The molecule has 2 aliphatic rings. The zero-order valence-corrected chi connectivity index (χ0v) is 14.9. The Labute approximate surface area is 156 Å². The molecule has 3 amide bonds. The third-order valence-electron chi connectivity index (χ3n) is 4.85. The highest BCUT2D eigenvalue weighted by molar-refractivity contribution is 6.01. The van der Waals surface area contributed by atoms with Gasteiger partial charge in [-0.05, 0) is 30.5 Å². The molecule has 0 unspecified atom stereocenters. The first-order valence-corrected chi connectivity index (χ1v) is 8.36. The number of carbonyl (C=O) groups is 2. The van der Waals surface area contributed by atoms with Gasteiger partial charge in [0.15, 0.2) is 5.82 Å². The summed E-state index contributed by atoms with van der Waals surface area (Å²) in [7, 11) is 0. The summed E-state index contributed by atoms with van der Waals surface area (Å²) in [6, 6.07) is 6.99. The Morgan fingerprint density at radius 2 is 1.88 bits per heavy atom. The number of halogens is 1. The van der Waals surface area contributed by atoms with Crippen LogP contribution in [-0.2, 0) is 16.9 Å². The first kappa shape index (κ1) is 18.3. The molecule has 8 nitrogen and oxygen atoms in total. The maximum atomic E-state index is 11.6. The summed E-state index contributed by atoms with van der Waals surface area (Å²) in [5, 5.41) is 6.56. The van der Waals surface area contributed by atoms with E-state index in [2.05, 4.69) is 15.5 Å². The predicted molar refractivity (Wildman–Crippen MR) is 95.3 cm³/mol. The van der Waals surface area contributed by atoms with E-state index in [1.54, 1.807) is 0 Å². The minimum atomic E-state index is -0.481. The van der Waals surface area contributed by atoms with Crippen LogP contribution in [0.15, 0.2) is 28.8 Å². The summed E-state index contributed by atoms with van der Waals surface area (Å²) in [5.41, 5.74) is 7.50.